The average molecular weight is 282 g/mol. The van der Waals surface area contributed by atoms with Crippen molar-refractivity contribution in [2.45, 2.75) is 38.2 Å². The molecule has 1 aromatic rings. The van der Waals surface area contributed by atoms with Gasteiger partial charge in [0.15, 0.2) is 0 Å². The molecule has 3 atom stereocenters. The van der Waals surface area contributed by atoms with Crippen LogP contribution in [0.1, 0.15) is 37.6 Å². The van der Waals surface area contributed by atoms with Crippen molar-refractivity contribution in [3.8, 4) is 0 Å². The van der Waals surface area contributed by atoms with Gasteiger partial charge in [-0.25, -0.2) is 0 Å². The topological polar surface area (TPSA) is 38.3 Å². The van der Waals surface area contributed by atoms with E-state index in [2.05, 4.69) is 5.32 Å². The number of carbonyl (C=O) groups is 1. The van der Waals surface area contributed by atoms with Crippen LogP contribution in [0.4, 0.5) is 5.69 Å². The highest BCUT2D eigenvalue weighted by molar-refractivity contribution is 6.21. The zero-order chi connectivity index (χ0) is 13.8. The van der Waals surface area contributed by atoms with Crippen LogP contribution in [0.15, 0.2) is 24.3 Å². The lowest BCUT2D eigenvalue weighted by Gasteiger charge is -2.18. The van der Waals surface area contributed by atoms with E-state index in [1.165, 1.54) is 0 Å². The first kappa shape index (κ1) is 14.4. The van der Waals surface area contributed by atoms with E-state index < -0.39 is 0 Å². The highest BCUT2D eigenvalue weighted by Gasteiger charge is 2.33. The Morgan fingerprint density at radius 2 is 2.26 bits per heavy atom. The zero-order valence-corrected chi connectivity index (χ0v) is 12.1. The van der Waals surface area contributed by atoms with Gasteiger partial charge in [0.25, 0.3) is 0 Å². The fraction of sp³-hybridized carbons (Fsp3) is 0.533. The molecule has 1 aliphatic rings. The van der Waals surface area contributed by atoms with E-state index in [0.717, 1.165) is 24.1 Å². The smallest absolute Gasteiger partial charge is 0.230 e. The summed E-state index contributed by atoms with van der Waals surface area (Å²) in [6.45, 7) is 4.62. The van der Waals surface area contributed by atoms with Gasteiger partial charge in [-0.2, -0.15) is 0 Å². The number of carbonyl (C=O) groups excluding carboxylic acids is 1. The molecule has 0 radical (unpaired) electrons. The Morgan fingerprint density at radius 3 is 2.95 bits per heavy atom. The van der Waals surface area contributed by atoms with Crippen LogP contribution in [0.5, 0.6) is 0 Å². The summed E-state index contributed by atoms with van der Waals surface area (Å²) in [5, 5.41) is 2.87. The minimum absolute atomic E-state index is 0.0362. The number of hydrogen-bond acceptors (Lipinski definition) is 2. The van der Waals surface area contributed by atoms with Crippen molar-refractivity contribution in [3.63, 3.8) is 0 Å². The van der Waals surface area contributed by atoms with Crippen molar-refractivity contribution in [2.75, 3.05) is 11.9 Å². The standard InChI is InChI=1S/C15H20ClNO2/c1-3-14-12(8-9-19-14)15(18)17-13-7-5-4-6-11(13)10(2)16/h4-7,10,12,14H,3,8-9H2,1-2H3,(H,17,18). The molecular formula is C15H20ClNO2. The van der Waals surface area contributed by atoms with Crippen molar-refractivity contribution in [3.05, 3.63) is 29.8 Å². The first-order valence-electron chi connectivity index (χ1n) is 6.79. The normalized spacial score (nSPS) is 24.2. The number of alkyl halides is 1. The van der Waals surface area contributed by atoms with Crippen LogP contribution in [-0.2, 0) is 9.53 Å². The Hall–Kier alpha value is -1.06. The summed E-state index contributed by atoms with van der Waals surface area (Å²) in [5.74, 6) is -0.0159. The number of para-hydroxylation sites is 1. The molecule has 1 saturated heterocycles. The van der Waals surface area contributed by atoms with E-state index in [4.69, 9.17) is 16.3 Å². The minimum Gasteiger partial charge on any atom is -0.377 e. The molecule has 0 aromatic heterocycles. The molecule has 3 unspecified atom stereocenters. The third-order valence-electron chi connectivity index (χ3n) is 3.60. The van der Waals surface area contributed by atoms with Gasteiger partial charge in [0.1, 0.15) is 0 Å². The van der Waals surface area contributed by atoms with Gasteiger partial charge in [0.05, 0.1) is 17.4 Å². The lowest BCUT2D eigenvalue weighted by atomic mass is 9.98. The highest BCUT2D eigenvalue weighted by atomic mass is 35.5. The SMILES string of the molecule is CCC1OCCC1C(=O)Nc1ccccc1C(C)Cl. The Kier molecular flexibility index (Phi) is 4.83. The van der Waals surface area contributed by atoms with Gasteiger partial charge in [0, 0.05) is 12.3 Å². The zero-order valence-electron chi connectivity index (χ0n) is 11.4. The number of amides is 1. The molecule has 1 heterocycles. The molecule has 1 amide bonds. The molecule has 0 saturated carbocycles. The second-order valence-corrected chi connectivity index (χ2v) is 5.56. The van der Waals surface area contributed by atoms with Crippen LogP contribution in [0, 0.1) is 5.92 Å². The van der Waals surface area contributed by atoms with Crippen LogP contribution in [0.3, 0.4) is 0 Å². The first-order valence-corrected chi connectivity index (χ1v) is 7.22. The fourth-order valence-electron chi connectivity index (χ4n) is 2.53. The Bertz CT molecular complexity index is 448. The van der Waals surface area contributed by atoms with Gasteiger partial charge in [-0.1, -0.05) is 25.1 Å². The first-order chi connectivity index (χ1) is 9.13. The highest BCUT2D eigenvalue weighted by Crippen LogP contribution is 2.29. The molecule has 0 bridgehead atoms. The third kappa shape index (κ3) is 3.28. The summed E-state index contributed by atoms with van der Waals surface area (Å²) in [6.07, 6.45) is 1.70. The summed E-state index contributed by atoms with van der Waals surface area (Å²) >= 11 is 6.13. The minimum atomic E-state index is -0.127. The van der Waals surface area contributed by atoms with Gasteiger partial charge in [-0.05, 0) is 31.4 Å². The number of anilines is 1. The lowest BCUT2D eigenvalue weighted by molar-refractivity contribution is -0.121. The van der Waals surface area contributed by atoms with Crippen LogP contribution >= 0.6 is 11.6 Å². The van der Waals surface area contributed by atoms with Gasteiger partial charge < -0.3 is 10.1 Å². The molecule has 0 spiro atoms. The number of halogens is 1. The van der Waals surface area contributed by atoms with Gasteiger partial charge >= 0.3 is 0 Å². The van der Waals surface area contributed by atoms with E-state index in [-0.39, 0.29) is 23.3 Å². The molecule has 1 fully saturated rings. The molecule has 1 aromatic carbocycles. The maximum absolute atomic E-state index is 12.3. The van der Waals surface area contributed by atoms with Gasteiger partial charge in [-0.15, -0.1) is 11.6 Å². The molecule has 2 rings (SSSR count). The van der Waals surface area contributed by atoms with Crippen molar-refractivity contribution in [2.24, 2.45) is 5.92 Å². The number of benzene rings is 1. The van der Waals surface area contributed by atoms with E-state index in [9.17, 15) is 4.79 Å². The summed E-state index contributed by atoms with van der Waals surface area (Å²) in [7, 11) is 0. The summed E-state index contributed by atoms with van der Waals surface area (Å²) in [4.78, 5) is 12.3. The molecule has 4 heteroatoms. The Balaban J connectivity index is 2.11. The second kappa shape index (κ2) is 6.40. The van der Waals surface area contributed by atoms with E-state index in [0.29, 0.717) is 6.61 Å². The number of ether oxygens (including phenoxy) is 1. The quantitative estimate of drug-likeness (QED) is 0.854. The Labute approximate surface area is 119 Å². The number of rotatable bonds is 4. The third-order valence-corrected chi connectivity index (χ3v) is 3.83. The van der Waals surface area contributed by atoms with Crippen LogP contribution < -0.4 is 5.32 Å². The van der Waals surface area contributed by atoms with Gasteiger partial charge in [0.2, 0.25) is 5.91 Å². The largest absolute Gasteiger partial charge is 0.377 e. The number of nitrogens with one attached hydrogen (secondary N) is 1. The van der Waals surface area contributed by atoms with E-state index >= 15 is 0 Å². The van der Waals surface area contributed by atoms with Crippen LogP contribution in [0.2, 0.25) is 0 Å². The monoisotopic (exact) mass is 281 g/mol. The summed E-state index contributed by atoms with van der Waals surface area (Å²) < 4.78 is 5.56. The maximum atomic E-state index is 12.3. The maximum Gasteiger partial charge on any atom is 0.230 e. The second-order valence-electron chi connectivity index (χ2n) is 4.91. The number of hydrogen-bond donors (Lipinski definition) is 1. The van der Waals surface area contributed by atoms with E-state index in [1.807, 2.05) is 38.1 Å². The lowest BCUT2D eigenvalue weighted by Crippen LogP contribution is -2.29. The van der Waals surface area contributed by atoms with Crippen LogP contribution in [-0.4, -0.2) is 18.6 Å². The predicted octanol–water partition coefficient (Wildman–Crippen LogP) is 3.74. The van der Waals surface area contributed by atoms with Crippen molar-refractivity contribution in [1.82, 2.24) is 0 Å². The molecule has 104 valence electrons. The fourth-order valence-corrected chi connectivity index (χ4v) is 2.72. The van der Waals surface area contributed by atoms with Crippen molar-refractivity contribution < 1.29 is 9.53 Å². The summed E-state index contributed by atoms with van der Waals surface area (Å²) in [6, 6.07) is 7.66. The van der Waals surface area contributed by atoms with Crippen molar-refractivity contribution in [1.29, 1.82) is 0 Å². The molecule has 1 N–H and O–H groups in total. The van der Waals surface area contributed by atoms with Crippen LogP contribution in [0.25, 0.3) is 0 Å². The Morgan fingerprint density at radius 1 is 1.53 bits per heavy atom. The van der Waals surface area contributed by atoms with Gasteiger partial charge in [-0.3, -0.25) is 4.79 Å². The molecule has 1 aliphatic heterocycles. The summed E-state index contributed by atoms with van der Waals surface area (Å²) in [5.41, 5.74) is 1.75. The molecule has 19 heavy (non-hydrogen) atoms. The predicted molar refractivity (Wildman–Crippen MR) is 77.5 cm³/mol. The molecule has 0 aliphatic carbocycles. The average Bonchev–Trinajstić information content (AvgIpc) is 2.87. The molecular weight excluding hydrogens is 262 g/mol. The van der Waals surface area contributed by atoms with E-state index in [1.54, 1.807) is 0 Å². The van der Waals surface area contributed by atoms with Crippen molar-refractivity contribution >= 4 is 23.2 Å². The molecule has 3 nitrogen and oxygen atoms in total.